The molecule has 3 aromatic carbocycles. The number of hydrazone groups is 1. The number of aliphatic hydroxyl groups is 1. The highest BCUT2D eigenvalue weighted by Gasteiger charge is 2.32. The number of amides is 2. The van der Waals surface area contributed by atoms with Gasteiger partial charge in [0, 0.05) is 26.9 Å². The molecule has 1 heterocycles. The molecule has 0 aromatic heterocycles. The van der Waals surface area contributed by atoms with Crippen molar-refractivity contribution in [3.05, 3.63) is 98.7 Å². The third-order valence-corrected chi connectivity index (χ3v) is 7.00. The second kappa shape index (κ2) is 15.3. The molecule has 232 valence electrons. The van der Waals surface area contributed by atoms with Crippen LogP contribution in [0.2, 0.25) is 10.0 Å². The summed E-state index contributed by atoms with van der Waals surface area (Å²) in [6.07, 6.45) is 0.353. The number of halogens is 2. The third-order valence-electron chi connectivity index (χ3n) is 6.42. The SMILES string of the molecule is CCOc1cc([C@@H]2NC(=O)NC(C)=C2C(=O)OC)ccc1OC[C@@H](O)N/N=C/c1ccccc1OCc1ccc(Cl)cc1Cl. The van der Waals surface area contributed by atoms with E-state index in [-0.39, 0.29) is 18.8 Å². The quantitative estimate of drug-likeness (QED) is 0.0875. The van der Waals surface area contributed by atoms with Crippen molar-refractivity contribution in [3.63, 3.8) is 0 Å². The highest BCUT2D eigenvalue weighted by atomic mass is 35.5. The summed E-state index contributed by atoms with van der Waals surface area (Å²) >= 11 is 12.2. The van der Waals surface area contributed by atoms with Crippen LogP contribution < -0.4 is 30.3 Å². The Labute approximate surface area is 264 Å². The smallest absolute Gasteiger partial charge is 0.337 e. The standard InChI is InChI=1S/C31H32Cl2N4O7/c1-4-42-26-13-19(29-28(30(39)41-3)18(2)35-31(40)36-29)10-12-25(26)44-17-27(38)37-34-15-20-7-5-6-8-24(20)43-16-21-9-11-22(32)14-23(21)33/h5-15,27,29,37-38H,4,16-17H2,1-3H3,(H2,35,36,40)/b34-15+/t27-,29+/m1/s1. The zero-order valence-corrected chi connectivity index (χ0v) is 25.7. The number of carbonyl (C=O) groups excluding carboxylic acids is 2. The summed E-state index contributed by atoms with van der Waals surface area (Å²) in [5.41, 5.74) is 5.31. The minimum atomic E-state index is -1.17. The van der Waals surface area contributed by atoms with Crippen LogP contribution in [0.3, 0.4) is 0 Å². The number of nitrogens with zero attached hydrogens (tertiary/aromatic N) is 1. The van der Waals surface area contributed by atoms with Crippen LogP contribution in [0.5, 0.6) is 17.2 Å². The highest BCUT2D eigenvalue weighted by Crippen LogP contribution is 2.35. The maximum absolute atomic E-state index is 12.4. The number of methoxy groups -OCH3 is 1. The molecule has 4 N–H and O–H groups in total. The molecule has 13 heteroatoms. The number of allylic oxidation sites excluding steroid dienone is 1. The molecular weight excluding hydrogens is 611 g/mol. The first-order valence-corrected chi connectivity index (χ1v) is 14.3. The molecule has 2 amide bonds. The van der Waals surface area contributed by atoms with E-state index >= 15 is 0 Å². The van der Waals surface area contributed by atoms with Crippen LogP contribution in [0.4, 0.5) is 4.79 Å². The number of nitrogens with one attached hydrogen (secondary N) is 3. The van der Waals surface area contributed by atoms with Gasteiger partial charge in [-0.15, -0.1) is 0 Å². The molecule has 0 fully saturated rings. The van der Waals surface area contributed by atoms with E-state index in [1.807, 2.05) is 25.1 Å². The van der Waals surface area contributed by atoms with Crippen LogP contribution in [-0.2, 0) is 16.1 Å². The van der Waals surface area contributed by atoms with Crippen molar-refractivity contribution in [2.24, 2.45) is 5.10 Å². The Morgan fingerprint density at radius 3 is 2.61 bits per heavy atom. The summed E-state index contributed by atoms with van der Waals surface area (Å²) in [4.78, 5) is 24.6. The molecule has 1 aliphatic heterocycles. The molecule has 1 aliphatic rings. The van der Waals surface area contributed by atoms with E-state index in [9.17, 15) is 14.7 Å². The monoisotopic (exact) mass is 642 g/mol. The second-order valence-electron chi connectivity index (χ2n) is 9.48. The van der Waals surface area contributed by atoms with Crippen LogP contribution in [-0.4, -0.2) is 49.9 Å². The van der Waals surface area contributed by atoms with E-state index in [0.29, 0.717) is 50.7 Å². The van der Waals surface area contributed by atoms with E-state index < -0.39 is 24.3 Å². The van der Waals surface area contributed by atoms with Crippen molar-refractivity contribution in [1.29, 1.82) is 0 Å². The van der Waals surface area contributed by atoms with Crippen molar-refractivity contribution >= 4 is 41.4 Å². The van der Waals surface area contributed by atoms with E-state index in [4.69, 9.17) is 42.1 Å². The lowest BCUT2D eigenvalue weighted by molar-refractivity contribution is -0.136. The average molecular weight is 644 g/mol. The first kappa shape index (κ1) is 32.5. The molecule has 0 spiro atoms. The summed E-state index contributed by atoms with van der Waals surface area (Å²) in [6.45, 7) is 3.83. The van der Waals surface area contributed by atoms with Crippen molar-refractivity contribution in [2.45, 2.75) is 32.7 Å². The highest BCUT2D eigenvalue weighted by molar-refractivity contribution is 6.35. The van der Waals surface area contributed by atoms with Gasteiger partial charge in [0.05, 0.1) is 31.5 Å². The Hall–Kier alpha value is -4.45. The topological polar surface area (TPSA) is 140 Å². The lowest BCUT2D eigenvalue weighted by atomic mass is 9.95. The molecule has 44 heavy (non-hydrogen) atoms. The number of para-hydroxylation sites is 1. The van der Waals surface area contributed by atoms with Crippen LogP contribution >= 0.6 is 23.2 Å². The van der Waals surface area contributed by atoms with E-state index in [0.717, 1.165) is 5.56 Å². The zero-order chi connectivity index (χ0) is 31.6. The molecule has 2 atom stereocenters. The Bertz CT molecular complexity index is 1560. The number of rotatable bonds is 13. The fourth-order valence-corrected chi connectivity index (χ4v) is 4.79. The number of ether oxygens (including phenoxy) is 4. The van der Waals surface area contributed by atoms with Crippen LogP contribution in [0.15, 0.2) is 77.0 Å². The maximum Gasteiger partial charge on any atom is 0.337 e. The molecule has 0 saturated carbocycles. The Kier molecular flexibility index (Phi) is 11.3. The number of esters is 1. The number of carbonyl (C=O) groups is 2. The zero-order valence-electron chi connectivity index (χ0n) is 24.2. The van der Waals surface area contributed by atoms with Gasteiger partial charge in [-0.3, -0.25) is 5.43 Å². The molecule has 3 aromatic rings. The summed E-state index contributed by atoms with van der Waals surface area (Å²) in [5.74, 6) is 0.706. The lowest BCUT2D eigenvalue weighted by Gasteiger charge is -2.28. The van der Waals surface area contributed by atoms with Gasteiger partial charge in [-0.1, -0.05) is 47.5 Å². The fourth-order valence-electron chi connectivity index (χ4n) is 4.33. The van der Waals surface area contributed by atoms with E-state index in [2.05, 4.69) is 21.2 Å². The summed E-state index contributed by atoms with van der Waals surface area (Å²) in [5, 5.41) is 21.0. The van der Waals surface area contributed by atoms with Gasteiger partial charge < -0.3 is 34.7 Å². The van der Waals surface area contributed by atoms with Crippen LogP contribution in [0, 0.1) is 0 Å². The van der Waals surface area contributed by atoms with Gasteiger partial charge in [-0.2, -0.15) is 5.10 Å². The normalized spacial score (nSPS) is 15.3. The Balaban J connectivity index is 1.39. The summed E-state index contributed by atoms with van der Waals surface area (Å²) in [7, 11) is 1.27. The van der Waals surface area contributed by atoms with Gasteiger partial charge in [0.2, 0.25) is 0 Å². The third kappa shape index (κ3) is 8.34. The minimum Gasteiger partial charge on any atom is -0.490 e. The molecule has 0 unspecified atom stereocenters. The Morgan fingerprint density at radius 1 is 1.07 bits per heavy atom. The van der Waals surface area contributed by atoms with Crippen molar-refractivity contribution < 1.29 is 33.6 Å². The first-order valence-electron chi connectivity index (χ1n) is 13.6. The van der Waals surface area contributed by atoms with Crippen molar-refractivity contribution in [2.75, 3.05) is 20.3 Å². The molecule has 11 nitrogen and oxygen atoms in total. The summed E-state index contributed by atoms with van der Waals surface area (Å²) in [6, 6.07) is 16.3. The summed E-state index contributed by atoms with van der Waals surface area (Å²) < 4.78 is 22.4. The molecule has 0 saturated heterocycles. The number of benzene rings is 3. The van der Waals surface area contributed by atoms with Gasteiger partial charge in [0.15, 0.2) is 17.7 Å². The van der Waals surface area contributed by atoms with Gasteiger partial charge in [-0.05, 0) is 55.8 Å². The average Bonchev–Trinajstić information content (AvgIpc) is 3.00. The molecule has 0 aliphatic carbocycles. The van der Waals surface area contributed by atoms with E-state index in [1.165, 1.54) is 13.3 Å². The predicted octanol–water partition coefficient (Wildman–Crippen LogP) is 5.09. The lowest BCUT2D eigenvalue weighted by Crippen LogP contribution is -2.45. The van der Waals surface area contributed by atoms with Gasteiger partial charge >= 0.3 is 12.0 Å². The van der Waals surface area contributed by atoms with Crippen LogP contribution in [0.1, 0.15) is 36.6 Å². The van der Waals surface area contributed by atoms with Crippen molar-refractivity contribution in [1.82, 2.24) is 16.1 Å². The molecular formula is C31H32Cl2N4O7. The van der Waals surface area contributed by atoms with E-state index in [1.54, 1.807) is 49.4 Å². The predicted molar refractivity (Wildman–Crippen MR) is 166 cm³/mol. The largest absolute Gasteiger partial charge is 0.490 e. The van der Waals surface area contributed by atoms with Crippen LogP contribution in [0.25, 0.3) is 0 Å². The number of hydrogen-bond acceptors (Lipinski definition) is 9. The first-order chi connectivity index (χ1) is 21.2. The van der Waals surface area contributed by atoms with Gasteiger partial charge in [-0.25, -0.2) is 9.59 Å². The molecule has 4 rings (SSSR count). The number of aliphatic hydroxyl groups excluding tert-OH is 1. The molecule has 0 bridgehead atoms. The minimum absolute atomic E-state index is 0.166. The number of urea groups is 1. The van der Waals surface area contributed by atoms with Crippen molar-refractivity contribution in [3.8, 4) is 17.2 Å². The molecule has 0 radical (unpaired) electrons. The Morgan fingerprint density at radius 2 is 1.86 bits per heavy atom. The van der Waals surface area contributed by atoms with Gasteiger partial charge in [0.1, 0.15) is 19.0 Å². The maximum atomic E-state index is 12.4. The van der Waals surface area contributed by atoms with Gasteiger partial charge in [0.25, 0.3) is 0 Å². The second-order valence-corrected chi connectivity index (χ2v) is 10.3. The number of hydrogen-bond donors (Lipinski definition) is 4. The fraction of sp³-hybridized carbons (Fsp3) is 0.258.